The number of rotatable bonds is 12. The van der Waals surface area contributed by atoms with E-state index in [0.717, 1.165) is 90.4 Å². The summed E-state index contributed by atoms with van der Waals surface area (Å²) in [6.07, 6.45) is 18.4. The fourth-order valence-electron chi connectivity index (χ4n) is 9.25. The van der Waals surface area contributed by atoms with Crippen molar-refractivity contribution < 1.29 is 30.0 Å². The van der Waals surface area contributed by atoms with E-state index in [1.807, 2.05) is 7.11 Å². The van der Waals surface area contributed by atoms with Gasteiger partial charge in [-0.1, -0.05) is 40.0 Å². The van der Waals surface area contributed by atoms with Gasteiger partial charge in [0, 0.05) is 52.5 Å². The molecule has 7 atom stereocenters. The minimum Gasteiger partial charge on any atom is -0.400 e. The van der Waals surface area contributed by atoms with Gasteiger partial charge in [0.25, 0.3) is 0 Å². The summed E-state index contributed by atoms with van der Waals surface area (Å²) >= 11 is 0. The molecule has 0 aromatic carbocycles. The number of hydrogen-bond donors (Lipinski definition) is 6. The maximum atomic E-state index is 13.3. The van der Waals surface area contributed by atoms with E-state index < -0.39 is 0 Å². The predicted octanol–water partition coefficient (Wildman–Crippen LogP) is 5.62. The van der Waals surface area contributed by atoms with E-state index in [2.05, 4.69) is 50.4 Å². The number of aliphatic hydroxyl groups is 4. The van der Waals surface area contributed by atoms with E-state index in [1.165, 1.54) is 44.9 Å². The first-order chi connectivity index (χ1) is 23.4. The fraction of sp³-hybridized carbons (Fsp3) is 0.975. The molecule has 0 aromatic heterocycles. The number of methoxy groups -OCH3 is 1. The van der Waals surface area contributed by atoms with E-state index >= 15 is 0 Å². The number of nitrogens with zero attached hydrogens (tertiary/aromatic N) is 1. The van der Waals surface area contributed by atoms with Gasteiger partial charge in [0.05, 0.1) is 12.2 Å². The van der Waals surface area contributed by atoms with Crippen molar-refractivity contribution in [2.24, 2.45) is 40.9 Å². The molecule has 49 heavy (non-hydrogen) atoms. The maximum Gasteiger partial charge on any atom is 0.223 e. The van der Waals surface area contributed by atoms with Gasteiger partial charge in [-0.2, -0.15) is 0 Å². The molecule has 9 heteroatoms. The quantitative estimate of drug-likeness (QED) is 0.145. The Bertz CT molecular complexity index is 822. The molecule has 4 rings (SSSR count). The molecule has 4 aliphatic carbocycles. The molecule has 0 heterocycles. The van der Waals surface area contributed by atoms with Gasteiger partial charge < -0.3 is 40.7 Å². The van der Waals surface area contributed by atoms with Gasteiger partial charge in [-0.15, -0.1) is 0 Å². The number of carbonyl (C=O) groups excluding carboxylic acids is 1. The van der Waals surface area contributed by atoms with Crippen LogP contribution in [-0.4, -0.2) is 111 Å². The van der Waals surface area contributed by atoms with Gasteiger partial charge in [0.15, 0.2) is 0 Å². The summed E-state index contributed by atoms with van der Waals surface area (Å²) in [5, 5.41) is 40.2. The van der Waals surface area contributed by atoms with Crippen LogP contribution in [0.5, 0.6) is 0 Å². The third-order valence-electron chi connectivity index (χ3n) is 11.7. The van der Waals surface area contributed by atoms with Crippen molar-refractivity contribution in [1.29, 1.82) is 0 Å². The summed E-state index contributed by atoms with van der Waals surface area (Å²) in [5.41, 5.74) is 0.650. The second-order valence-electron chi connectivity index (χ2n) is 16.6. The van der Waals surface area contributed by atoms with Gasteiger partial charge >= 0.3 is 0 Å². The highest BCUT2D eigenvalue weighted by Crippen LogP contribution is 2.44. The first-order valence-electron chi connectivity index (χ1n) is 20.0. The summed E-state index contributed by atoms with van der Waals surface area (Å²) < 4.78 is 6.14. The zero-order valence-electron chi connectivity index (χ0n) is 33.1. The average molecular weight is 700 g/mol. The second-order valence-corrected chi connectivity index (χ2v) is 16.6. The molecular formula is C40H81N3O6. The van der Waals surface area contributed by atoms with Crippen LogP contribution >= 0.6 is 0 Å². The summed E-state index contributed by atoms with van der Waals surface area (Å²) in [4.78, 5) is 15.6. The van der Waals surface area contributed by atoms with E-state index in [9.17, 15) is 9.90 Å². The first-order valence-corrected chi connectivity index (χ1v) is 20.0. The molecule has 7 unspecified atom stereocenters. The van der Waals surface area contributed by atoms with Gasteiger partial charge in [-0.25, -0.2) is 0 Å². The molecule has 0 bridgehead atoms. The fourth-order valence-corrected chi connectivity index (χ4v) is 9.25. The zero-order chi connectivity index (χ0) is 36.8. The maximum absolute atomic E-state index is 13.3. The number of amides is 1. The van der Waals surface area contributed by atoms with Crippen LogP contribution in [0.2, 0.25) is 0 Å². The lowest BCUT2D eigenvalue weighted by Crippen LogP contribution is -2.49. The highest BCUT2D eigenvalue weighted by Gasteiger charge is 2.43. The Morgan fingerprint density at radius 1 is 0.939 bits per heavy atom. The van der Waals surface area contributed by atoms with Crippen LogP contribution in [0.4, 0.5) is 0 Å². The van der Waals surface area contributed by atoms with Crippen molar-refractivity contribution >= 4 is 5.91 Å². The third-order valence-corrected chi connectivity index (χ3v) is 11.7. The lowest BCUT2D eigenvalue weighted by Gasteiger charge is -2.46. The Labute approximate surface area is 301 Å². The topological polar surface area (TPSA) is 135 Å². The number of ether oxygens (including phenoxy) is 1. The number of carbonyl (C=O) groups is 1. The second kappa shape index (κ2) is 26.0. The molecule has 4 saturated carbocycles. The van der Waals surface area contributed by atoms with Crippen LogP contribution in [0.1, 0.15) is 130 Å². The highest BCUT2D eigenvalue weighted by molar-refractivity contribution is 5.78. The summed E-state index contributed by atoms with van der Waals surface area (Å²) in [6, 6.07) is 0.435. The minimum absolute atomic E-state index is 0.0786. The van der Waals surface area contributed by atoms with Crippen LogP contribution in [0.3, 0.4) is 0 Å². The van der Waals surface area contributed by atoms with E-state index in [0.29, 0.717) is 35.1 Å². The molecule has 4 fully saturated rings. The Kier molecular flexibility index (Phi) is 24.6. The van der Waals surface area contributed by atoms with E-state index in [4.69, 9.17) is 20.1 Å². The number of nitrogens with one attached hydrogen (secondary N) is 2. The van der Waals surface area contributed by atoms with Crippen LogP contribution < -0.4 is 10.6 Å². The monoisotopic (exact) mass is 700 g/mol. The normalized spacial score (nSPS) is 32.7. The van der Waals surface area contributed by atoms with E-state index in [1.54, 1.807) is 6.92 Å². The van der Waals surface area contributed by atoms with Crippen molar-refractivity contribution in [3.8, 4) is 0 Å². The molecule has 4 aliphatic rings. The SMILES string of the molecule is CC1CCCC(C)(C)C1.CCO.CO.COC1C(CNCCCO)CCCC1C1CC(C(=O)NCCC2CCC(O)CC2)CC(N(C)C)C1. The molecule has 0 saturated heterocycles. The van der Waals surface area contributed by atoms with Crippen LogP contribution in [0, 0.1) is 40.9 Å². The lowest BCUT2D eigenvalue weighted by molar-refractivity contribution is -0.128. The largest absolute Gasteiger partial charge is 0.400 e. The molecule has 292 valence electrons. The van der Waals surface area contributed by atoms with Crippen molar-refractivity contribution in [3.05, 3.63) is 0 Å². The van der Waals surface area contributed by atoms with Crippen molar-refractivity contribution in [1.82, 2.24) is 15.5 Å². The average Bonchev–Trinajstić information content (AvgIpc) is 3.08. The molecule has 0 radical (unpaired) electrons. The Morgan fingerprint density at radius 3 is 2.16 bits per heavy atom. The molecule has 6 N–H and O–H groups in total. The number of aliphatic hydroxyl groups excluding tert-OH is 4. The molecule has 0 spiro atoms. The lowest BCUT2D eigenvalue weighted by atomic mass is 9.65. The zero-order valence-corrected chi connectivity index (χ0v) is 33.1. The Balaban J connectivity index is 0.000000718. The Hall–Kier alpha value is -0.810. The van der Waals surface area contributed by atoms with Gasteiger partial charge in [0.2, 0.25) is 5.91 Å². The van der Waals surface area contributed by atoms with Gasteiger partial charge in [-0.05, 0) is 146 Å². The van der Waals surface area contributed by atoms with Gasteiger partial charge in [0.1, 0.15) is 0 Å². The number of hydrogen-bond acceptors (Lipinski definition) is 8. The highest BCUT2D eigenvalue weighted by atomic mass is 16.5. The predicted molar refractivity (Wildman–Crippen MR) is 202 cm³/mol. The Morgan fingerprint density at radius 2 is 1.61 bits per heavy atom. The molecule has 0 aromatic rings. The summed E-state index contributed by atoms with van der Waals surface area (Å²) in [7, 11) is 7.18. The van der Waals surface area contributed by atoms with Crippen LogP contribution in [-0.2, 0) is 9.53 Å². The summed E-state index contributed by atoms with van der Waals surface area (Å²) in [5.74, 6) is 3.45. The summed E-state index contributed by atoms with van der Waals surface area (Å²) in [6.45, 7) is 11.9. The van der Waals surface area contributed by atoms with Crippen molar-refractivity contribution in [3.63, 3.8) is 0 Å². The van der Waals surface area contributed by atoms with Gasteiger partial charge in [-0.3, -0.25) is 4.79 Å². The molecular weight excluding hydrogens is 618 g/mol. The minimum atomic E-state index is -0.116. The first kappa shape index (κ1) is 46.2. The van der Waals surface area contributed by atoms with Crippen LogP contribution in [0.15, 0.2) is 0 Å². The van der Waals surface area contributed by atoms with Crippen molar-refractivity contribution in [2.75, 3.05) is 61.2 Å². The molecule has 0 aliphatic heterocycles. The molecule has 9 nitrogen and oxygen atoms in total. The third kappa shape index (κ3) is 18.0. The molecule has 1 amide bonds. The van der Waals surface area contributed by atoms with Crippen molar-refractivity contribution in [2.45, 2.75) is 149 Å². The standard InChI is InChI=1S/C28H53N3O4.C9H18.C2H6O.CH4O/c1-31(2)24-17-22(26-7-4-6-21(27(26)35-3)19-29-13-5-15-32)16-23(18-24)28(34)30-14-12-20-8-10-25(33)11-9-20;1-8-5-4-6-9(2,3)7-8;1-2-3;1-2/h20-27,29,32-33H,4-19H2,1-3H3,(H,30,34);8H,4-7H2,1-3H3;3H,2H2,1H3;2H,1H3. The van der Waals surface area contributed by atoms with Crippen LogP contribution in [0.25, 0.3) is 0 Å². The smallest absolute Gasteiger partial charge is 0.223 e. The van der Waals surface area contributed by atoms with E-state index in [-0.39, 0.29) is 37.2 Å².